The molecule has 0 radical (unpaired) electrons. The molecule has 3 atom stereocenters. The van der Waals surface area contributed by atoms with Gasteiger partial charge in [0.1, 0.15) is 5.75 Å². The summed E-state index contributed by atoms with van der Waals surface area (Å²) < 4.78 is 6.25. The first kappa shape index (κ1) is 16.4. The van der Waals surface area contributed by atoms with E-state index in [0.717, 1.165) is 11.7 Å². The summed E-state index contributed by atoms with van der Waals surface area (Å²) in [4.78, 5) is 2.58. The van der Waals surface area contributed by atoms with Crippen LogP contribution in [0, 0.1) is 12.8 Å². The van der Waals surface area contributed by atoms with Gasteiger partial charge in [-0.2, -0.15) is 0 Å². The lowest BCUT2D eigenvalue weighted by molar-refractivity contribution is 0.0223. The SMILES string of the molecule is Cc1ccc(OC2CCC2)cc1[C@]12CCCC[C@@H]1[C@H](C)N(C)CC2. The molecule has 0 aromatic heterocycles. The second-order valence-corrected chi connectivity index (χ2v) is 8.63. The third kappa shape index (κ3) is 2.67. The van der Waals surface area contributed by atoms with Gasteiger partial charge in [-0.3, -0.25) is 0 Å². The molecule has 1 aromatic rings. The van der Waals surface area contributed by atoms with Gasteiger partial charge in [-0.05, 0) is 95.1 Å². The lowest BCUT2D eigenvalue weighted by Crippen LogP contribution is -2.55. The highest BCUT2D eigenvalue weighted by molar-refractivity contribution is 5.42. The van der Waals surface area contributed by atoms with Crippen LogP contribution in [0.5, 0.6) is 5.75 Å². The Morgan fingerprint density at radius 3 is 2.67 bits per heavy atom. The van der Waals surface area contributed by atoms with Crippen molar-refractivity contribution in [2.45, 2.75) is 82.8 Å². The molecular formula is C22H33NO. The van der Waals surface area contributed by atoms with E-state index in [1.54, 1.807) is 5.56 Å². The molecule has 2 nitrogen and oxygen atoms in total. The zero-order valence-corrected chi connectivity index (χ0v) is 15.7. The molecule has 0 amide bonds. The largest absolute Gasteiger partial charge is 0.490 e. The van der Waals surface area contributed by atoms with E-state index < -0.39 is 0 Å². The first-order valence-corrected chi connectivity index (χ1v) is 10.1. The smallest absolute Gasteiger partial charge is 0.120 e. The maximum atomic E-state index is 6.25. The Kier molecular flexibility index (Phi) is 4.36. The van der Waals surface area contributed by atoms with Gasteiger partial charge in [-0.25, -0.2) is 0 Å². The Balaban J connectivity index is 1.70. The normalized spacial score (nSPS) is 34.5. The zero-order valence-electron chi connectivity index (χ0n) is 15.7. The molecular weight excluding hydrogens is 294 g/mol. The minimum Gasteiger partial charge on any atom is -0.490 e. The Labute approximate surface area is 147 Å². The fraction of sp³-hybridized carbons (Fsp3) is 0.727. The number of nitrogens with zero attached hydrogens (tertiary/aromatic N) is 1. The number of hydrogen-bond donors (Lipinski definition) is 0. The molecule has 1 aromatic carbocycles. The van der Waals surface area contributed by atoms with E-state index in [9.17, 15) is 0 Å². The van der Waals surface area contributed by atoms with E-state index in [1.165, 1.54) is 63.5 Å². The van der Waals surface area contributed by atoms with Crippen molar-refractivity contribution in [1.82, 2.24) is 4.90 Å². The molecule has 24 heavy (non-hydrogen) atoms. The number of benzene rings is 1. The first-order valence-electron chi connectivity index (χ1n) is 10.1. The second kappa shape index (κ2) is 6.37. The number of hydrogen-bond acceptors (Lipinski definition) is 2. The Hall–Kier alpha value is -1.02. The van der Waals surface area contributed by atoms with Crippen molar-refractivity contribution in [1.29, 1.82) is 0 Å². The molecule has 0 N–H and O–H groups in total. The molecule has 0 spiro atoms. The third-order valence-corrected chi connectivity index (χ3v) is 7.39. The van der Waals surface area contributed by atoms with Crippen LogP contribution in [0.3, 0.4) is 0 Å². The van der Waals surface area contributed by atoms with Crippen LogP contribution in [-0.4, -0.2) is 30.6 Å². The maximum Gasteiger partial charge on any atom is 0.120 e. The molecule has 2 heteroatoms. The number of piperidine rings is 1. The third-order valence-electron chi connectivity index (χ3n) is 7.39. The molecule has 0 unspecified atom stereocenters. The Morgan fingerprint density at radius 2 is 1.92 bits per heavy atom. The summed E-state index contributed by atoms with van der Waals surface area (Å²) in [6, 6.07) is 7.62. The van der Waals surface area contributed by atoms with E-state index in [0.29, 0.717) is 17.6 Å². The Bertz CT molecular complexity index is 594. The second-order valence-electron chi connectivity index (χ2n) is 8.63. The van der Waals surface area contributed by atoms with Crippen LogP contribution in [0.25, 0.3) is 0 Å². The molecule has 1 aliphatic heterocycles. The molecule has 3 aliphatic rings. The zero-order chi connectivity index (χ0) is 16.7. The lowest BCUT2D eigenvalue weighted by atomic mass is 9.56. The molecule has 3 fully saturated rings. The maximum absolute atomic E-state index is 6.25. The fourth-order valence-electron chi connectivity index (χ4n) is 5.53. The van der Waals surface area contributed by atoms with Gasteiger partial charge < -0.3 is 9.64 Å². The highest BCUT2D eigenvalue weighted by Gasteiger charge is 2.48. The number of fused-ring (bicyclic) bond motifs is 1. The summed E-state index contributed by atoms with van der Waals surface area (Å²) in [5.74, 6) is 1.91. The summed E-state index contributed by atoms with van der Waals surface area (Å²) in [5.41, 5.74) is 3.45. The van der Waals surface area contributed by atoms with Crippen molar-refractivity contribution in [2.75, 3.05) is 13.6 Å². The summed E-state index contributed by atoms with van der Waals surface area (Å²) >= 11 is 0. The van der Waals surface area contributed by atoms with Crippen molar-refractivity contribution in [3.8, 4) is 5.75 Å². The number of rotatable bonds is 3. The van der Waals surface area contributed by atoms with Gasteiger partial charge in [-0.15, -0.1) is 0 Å². The standard InChI is InChI=1S/C22H33NO/c1-16-10-11-19(24-18-7-6-8-18)15-21(16)22-12-5-4-9-20(22)17(2)23(3)14-13-22/h10-11,15,17-18,20H,4-9,12-14H2,1-3H3/t17-,20+,22-/m0/s1. The van der Waals surface area contributed by atoms with E-state index in [1.807, 2.05) is 0 Å². The van der Waals surface area contributed by atoms with Crippen molar-refractivity contribution < 1.29 is 4.74 Å². The predicted molar refractivity (Wildman–Crippen MR) is 99.8 cm³/mol. The van der Waals surface area contributed by atoms with Gasteiger partial charge in [0, 0.05) is 11.5 Å². The van der Waals surface area contributed by atoms with Gasteiger partial charge in [0.05, 0.1) is 6.10 Å². The van der Waals surface area contributed by atoms with Gasteiger partial charge in [0.25, 0.3) is 0 Å². The van der Waals surface area contributed by atoms with Crippen LogP contribution in [0.1, 0.15) is 69.4 Å². The molecule has 0 bridgehead atoms. The predicted octanol–water partition coefficient (Wildman–Crippen LogP) is 5.08. The van der Waals surface area contributed by atoms with Gasteiger partial charge in [-0.1, -0.05) is 18.9 Å². The molecule has 2 aliphatic carbocycles. The highest BCUT2D eigenvalue weighted by atomic mass is 16.5. The lowest BCUT2D eigenvalue weighted by Gasteiger charge is -2.54. The first-order chi connectivity index (χ1) is 11.6. The van der Waals surface area contributed by atoms with Crippen LogP contribution in [0.4, 0.5) is 0 Å². The molecule has 2 saturated carbocycles. The minimum absolute atomic E-state index is 0.382. The summed E-state index contributed by atoms with van der Waals surface area (Å²) in [5, 5.41) is 0. The van der Waals surface area contributed by atoms with Crippen molar-refractivity contribution in [3.63, 3.8) is 0 Å². The van der Waals surface area contributed by atoms with Crippen molar-refractivity contribution in [2.24, 2.45) is 5.92 Å². The summed E-state index contributed by atoms with van der Waals surface area (Å²) in [6.07, 6.45) is 11.1. The van der Waals surface area contributed by atoms with Crippen LogP contribution < -0.4 is 4.74 Å². The number of likely N-dealkylation sites (tertiary alicyclic amines) is 1. The van der Waals surface area contributed by atoms with Crippen molar-refractivity contribution >= 4 is 0 Å². The van der Waals surface area contributed by atoms with Crippen LogP contribution in [0.15, 0.2) is 18.2 Å². The van der Waals surface area contributed by atoms with Crippen LogP contribution in [-0.2, 0) is 5.41 Å². The molecule has 4 rings (SSSR count). The number of aryl methyl sites for hydroxylation is 1. The highest BCUT2D eigenvalue weighted by Crippen LogP contribution is 2.52. The van der Waals surface area contributed by atoms with Crippen LogP contribution in [0.2, 0.25) is 0 Å². The Morgan fingerprint density at radius 1 is 1.08 bits per heavy atom. The topological polar surface area (TPSA) is 12.5 Å². The van der Waals surface area contributed by atoms with E-state index in [4.69, 9.17) is 4.74 Å². The summed E-state index contributed by atoms with van der Waals surface area (Å²) in [7, 11) is 2.31. The van der Waals surface area contributed by atoms with E-state index in [2.05, 4.69) is 44.0 Å². The van der Waals surface area contributed by atoms with E-state index >= 15 is 0 Å². The average molecular weight is 328 g/mol. The van der Waals surface area contributed by atoms with Crippen LogP contribution >= 0.6 is 0 Å². The fourth-order valence-corrected chi connectivity index (χ4v) is 5.53. The minimum atomic E-state index is 0.382. The van der Waals surface area contributed by atoms with E-state index in [-0.39, 0.29) is 0 Å². The van der Waals surface area contributed by atoms with Gasteiger partial charge in [0.2, 0.25) is 0 Å². The average Bonchev–Trinajstić information content (AvgIpc) is 2.56. The van der Waals surface area contributed by atoms with Gasteiger partial charge >= 0.3 is 0 Å². The number of ether oxygens (including phenoxy) is 1. The van der Waals surface area contributed by atoms with Gasteiger partial charge in [0.15, 0.2) is 0 Å². The quantitative estimate of drug-likeness (QED) is 0.768. The summed E-state index contributed by atoms with van der Waals surface area (Å²) in [6.45, 7) is 5.99. The molecule has 1 saturated heterocycles. The monoisotopic (exact) mass is 327 g/mol. The molecule has 1 heterocycles. The molecule has 132 valence electrons. The van der Waals surface area contributed by atoms with Crippen molar-refractivity contribution in [3.05, 3.63) is 29.3 Å².